The summed E-state index contributed by atoms with van der Waals surface area (Å²) in [6.45, 7) is 4.77. The lowest BCUT2D eigenvalue weighted by Crippen LogP contribution is -2.35. The lowest BCUT2D eigenvalue weighted by Gasteiger charge is -2.18. The Morgan fingerprint density at radius 2 is 1.93 bits per heavy atom. The molecule has 0 aliphatic rings. The third-order valence-corrected chi connectivity index (χ3v) is 3.33. The third kappa shape index (κ3) is 7.29. The van der Waals surface area contributed by atoms with Crippen molar-refractivity contribution in [3.05, 3.63) is 0 Å². The maximum atomic E-state index is 10.8. The molecule has 2 atom stereocenters. The van der Waals surface area contributed by atoms with Crippen LogP contribution in [0.15, 0.2) is 0 Å². The minimum atomic E-state index is -2.84. The second-order valence-electron chi connectivity index (χ2n) is 3.89. The zero-order valence-corrected chi connectivity index (χ0v) is 9.97. The Labute approximate surface area is 86.6 Å². The van der Waals surface area contributed by atoms with Gasteiger partial charge in [0.25, 0.3) is 0 Å². The highest BCUT2D eigenvalue weighted by Crippen LogP contribution is 2.00. The van der Waals surface area contributed by atoms with Crippen molar-refractivity contribution in [2.24, 2.45) is 5.92 Å². The molecule has 0 heterocycles. The zero-order chi connectivity index (χ0) is 11.2. The van der Waals surface area contributed by atoms with Crippen molar-refractivity contribution in [3.8, 4) is 0 Å². The van der Waals surface area contributed by atoms with Gasteiger partial charge in [-0.2, -0.15) is 0 Å². The largest absolute Gasteiger partial charge is 0.396 e. The summed E-state index contributed by atoms with van der Waals surface area (Å²) in [6, 6.07) is 0.222. The first-order chi connectivity index (χ1) is 6.37. The molecular weight excluding hydrogens is 202 g/mol. The molecule has 5 heteroatoms. The Hall–Kier alpha value is -0.130. The Morgan fingerprint density at radius 3 is 2.36 bits per heavy atom. The Morgan fingerprint density at radius 1 is 1.36 bits per heavy atom. The number of aliphatic hydroxyl groups excluding tert-OH is 1. The van der Waals surface area contributed by atoms with Crippen LogP contribution >= 0.6 is 0 Å². The van der Waals surface area contributed by atoms with Crippen molar-refractivity contribution in [2.75, 3.05) is 25.2 Å². The van der Waals surface area contributed by atoms with E-state index in [0.717, 1.165) is 0 Å². The van der Waals surface area contributed by atoms with Gasteiger partial charge in [0.1, 0.15) is 9.84 Å². The van der Waals surface area contributed by atoms with E-state index in [9.17, 15) is 8.42 Å². The number of rotatable bonds is 7. The number of hydrogen-bond acceptors (Lipinski definition) is 4. The van der Waals surface area contributed by atoms with Gasteiger partial charge in [-0.1, -0.05) is 6.92 Å². The number of sulfone groups is 1. The molecule has 0 aromatic rings. The average Bonchev–Trinajstić information content (AvgIpc) is 2.09. The first-order valence-electron chi connectivity index (χ1n) is 4.88. The molecule has 2 unspecified atom stereocenters. The minimum absolute atomic E-state index is 0.153. The summed E-state index contributed by atoms with van der Waals surface area (Å²) in [4.78, 5) is 0. The van der Waals surface area contributed by atoms with Crippen LogP contribution in [-0.4, -0.2) is 44.7 Å². The summed E-state index contributed by atoms with van der Waals surface area (Å²) >= 11 is 0. The molecule has 4 nitrogen and oxygen atoms in total. The van der Waals surface area contributed by atoms with Gasteiger partial charge in [0.05, 0.1) is 5.75 Å². The highest BCUT2D eigenvalue weighted by atomic mass is 32.2. The molecule has 0 aliphatic heterocycles. The molecule has 0 aromatic carbocycles. The van der Waals surface area contributed by atoms with Crippen LogP contribution in [0.5, 0.6) is 0 Å². The quantitative estimate of drug-likeness (QED) is 0.598. The summed E-state index contributed by atoms with van der Waals surface area (Å²) in [5.41, 5.74) is 0. The molecule has 0 spiro atoms. The molecule has 0 aliphatic carbocycles. The normalized spacial score (nSPS) is 16.6. The molecule has 0 bridgehead atoms. The molecule has 0 rings (SSSR count). The predicted octanol–water partition coefficient (Wildman–Crippen LogP) is 0.0276. The van der Waals surface area contributed by atoms with Crippen molar-refractivity contribution < 1.29 is 13.5 Å². The van der Waals surface area contributed by atoms with E-state index in [1.807, 2.05) is 13.8 Å². The second-order valence-corrected chi connectivity index (χ2v) is 6.15. The van der Waals surface area contributed by atoms with E-state index in [-0.39, 0.29) is 24.3 Å². The van der Waals surface area contributed by atoms with Gasteiger partial charge < -0.3 is 10.4 Å². The summed E-state index contributed by atoms with van der Waals surface area (Å²) < 4.78 is 21.6. The Balaban J connectivity index is 3.55. The average molecular weight is 223 g/mol. The zero-order valence-electron chi connectivity index (χ0n) is 9.16. The van der Waals surface area contributed by atoms with E-state index in [4.69, 9.17) is 5.11 Å². The van der Waals surface area contributed by atoms with Crippen LogP contribution in [0.4, 0.5) is 0 Å². The van der Waals surface area contributed by atoms with Crippen molar-refractivity contribution in [1.29, 1.82) is 0 Å². The summed E-state index contributed by atoms with van der Waals surface area (Å²) in [7, 11) is -2.84. The van der Waals surface area contributed by atoms with Crippen LogP contribution in [0.1, 0.15) is 20.3 Å². The van der Waals surface area contributed by atoms with Crippen LogP contribution in [0.2, 0.25) is 0 Å². The molecule has 14 heavy (non-hydrogen) atoms. The standard InChI is InChI=1S/C9H21NO3S/c1-8(7-11)9(2)10-5-4-6-14(3,12)13/h8-11H,4-7H2,1-3H3. The molecule has 0 aromatic heterocycles. The monoisotopic (exact) mass is 223 g/mol. The fourth-order valence-electron chi connectivity index (χ4n) is 1.02. The highest BCUT2D eigenvalue weighted by molar-refractivity contribution is 7.90. The van der Waals surface area contributed by atoms with Crippen molar-refractivity contribution in [3.63, 3.8) is 0 Å². The fraction of sp³-hybridized carbons (Fsp3) is 1.00. The van der Waals surface area contributed by atoms with Gasteiger partial charge in [-0.05, 0) is 25.8 Å². The molecule has 2 N–H and O–H groups in total. The third-order valence-electron chi connectivity index (χ3n) is 2.30. The van der Waals surface area contributed by atoms with Gasteiger partial charge in [0.15, 0.2) is 0 Å². The van der Waals surface area contributed by atoms with Crippen LogP contribution < -0.4 is 5.32 Å². The molecule has 0 radical (unpaired) electrons. The SMILES string of the molecule is CC(CO)C(C)NCCCS(C)(=O)=O. The summed E-state index contributed by atoms with van der Waals surface area (Å²) in [5.74, 6) is 0.425. The topological polar surface area (TPSA) is 66.4 Å². The van der Waals surface area contributed by atoms with Gasteiger partial charge in [-0.3, -0.25) is 0 Å². The maximum Gasteiger partial charge on any atom is 0.147 e. The van der Waals surface area contributed by atoms with Crippen LogP contribution in [0.3, 0.4) is 0 Å². The van der Waals surface area contributed by atoms with E-state index in [2.05, 4.69) is 5.32 Å². The molecular formula is C9H21NO3S. The van der Waals surface area contributed by atoms with E-state index in [1.54, 1.807) is 0 Å². The van der Waals surface area contributed by atoms with E-state index < -0.39 is 9.84 Å². The minimum Gasteiger partial charge on any atom is -0.396 e. The summed E-state index contributed by atoms with van der Waals surface area (Å²) in [6.07, 6.45) is 1.87. The molecule has 0 saturated heterocycles. The lowest BCUT2D eigenvalue weighted by atomic mass is 10.1. The highest BCUT2D eigenvalue weighted by Gasteiger charge is 2.10. The Kier molecular flexibility index (Phi) is 6.31. The van der Waals surface area contributed by atoms with Gasteiger partial charge >= 0.3 is 0 Å². The first-order valence-corrected chi connectivity index (χ1v) is 6.95. The van der Waals surface area contributed by atoms with Crippen molar-refractivity contribution >= 4 is 9.84 Å². The van der Waals surface area contributed by atoms with Crippen LogP contribution in [0.25, 0.3) is 0 Å². The molecule has 86 valence electrons. The van der Waals surface area contributed by atoms with E-state index >= 15 is 0 Å². The smallest absolute Gasteiger partial charge is 0.147 e. The predicted molar refractivity (Wildman–Crippen MR) is 58.0 cm³/mol. The van der Waals surface area contributed by atoms with E-state index in [1.165, 1.54) is 6.26 Å². The fourth-order valence-corrected chi connectivity index (χ4v) is 1.69. The molecule has 0 saturated carbocycles. The molecule has 0 fully saturated rings. The van der Waals surface area contributed by atoms with Gasteiger partial charge in [0.2, 0.25) is 0 Å². The van der Waals surface area contributed by atoms with Crippen LogP contribution in [0, 0.1) is 5.92 Å². The van der Waals surface area contributed by atoms with Crippen molar-refractivity contribution in [1.82, 2.24) is 5.32 Å². The number of aliphatic hydroxyl groups is 1. The maximum absolute atomic E-state index is 10.8. The lowest BCUT2D eigenvalue weighted by molar-refractivity contribution is 0.208. The summed E-state index contributed by atoms with van der Waals surface area (Å²) in [5, 5.41) is 12.0. The van der Waals surface area contributed by atoms with Crippen LogP contribution in [-0.2, 0) is 9.84 Å². The van der Waals surface area contributed by atoms with Crippen molar-refractivity contribution in [2.45, 2.75) is 26.3 Å². The second kappa shape index (κ2) is 6.37. The van der Waals surface area contributed by atoms with E-state index in [0.29, 0.717) is 13.0 Å². The number of nitrogens with one attached hydrogen (secondary N) is 1. The molecule has 0 amide bonds. The number of hydrogen-bond donors (Lipinski definition) is 2. The van der Waals surface area contributed by atoms with Gasteiger partial charge in [-0.15, -0.1) is 0 Å². The van der Waals surface area contributed by atoms with Gasteiger partial charge in [-0.25, -0.2) is 8.42 Å². The van der Waals surface area contributed by atoms with Gasteiger partial charge in [0, 0.05) is 18.9 Å². The first kappa shape index (κ1) is 13.9. The Bertz CT molecular complexity index is 238.